The molecule has 2 aliphatic rings. The van der Waals surface area contributed by atoms with Crippen molar-refractivity contribution in [3.8, 4) is 0 Å². The van der Waals surface area contributed by atoms with Crippen LogP contribution in [0.25, 0.3) is 10.9 Å². The monoisotopic (exact) mass is 383 g/mol. The van der Waals surface area contributed by atoms with Crippen LogP contribution in [0.4, 0.5) is 0 Å². The number of piperidine rings is 1. The van der Waals surface area contributed by atoms with E-state index < -0.39 is 12.0 Å². The van der Waals surface area contributed by atoms with Gasteiger partial charge in [-0.15, -0.1) is 0 Å². The number of carboxylic acids is 1. The van der Waals surface area contributed by atoms with Crippen LogP contribution in [0, 0.1) is 5.41 Å². The van der Waals surface area contributed by atoms with Crippen LogP contribution in [0.15, 0.2) is 30.5 Å². The largest absolute Gasteiger partial charge is 0.480 e. The number of likely N-dealkylation sites (tertiary alicyclic amines) is 2. The number of carboxylic acid groups (broad SMARTS) is 1. The first-order chi connectivity index (χ1) is 13.4. The third kappa shape index (κ3) is 3.41. The molecular weight excluding hydrogens is 354 g/mol. The second-order valence-corrected chi connectivity index (χ2v) is 8.48. The minimum atomic E-state index is -0.873. The number of nitrogens with zero attached hydrogens (tertiary/aromatic N) is 3. The predicted octanol–water partition coefficient (Wildman–Crippen LogP) is 2.95. The summed E-state index contributed by atoms with van der Waals surface area (Å²) in [5, 5.41) is 10.8. The maximum absolute atomic E-state index is 11.9. The SMILES string of the molecule is CCn1ccc2ccc(CN3CCC4(CC3)C[C@H](C(=O)O)N(C(C)=O)C4)cc21. The van der Waals surface area contributed by atoms with Crippen LogP contribution in [-0.4, -0.2) is 57.0 Å². The first-order valence-corrected chi connectivity index (χ1v) is 10.2. The molecule has 6 nitrogen and oxygen atoms in total. The van der Waals surface area contributed by atoms with E-state index in [2.05, 4.69) is 46.9 Å². The molecule has 2 fully saturated rings. The Labute approximate surface area is 165 Å². The molecule has 2 aliphatic heterocycles. The summed E-state index contributed by atoms with van der Waals surface area (Å²) in [6.45, 7) is 8.01. The Morgan fingerprint density at radius 2 is 1.96 bits per heavy atom. The molecule has 6 heteroatoms. The van der Waals surface area contributed by atoms with E-state index in [4.69, 9.17) is 0 Å². The van der Waals surface area contributed by atoms with Crippen LogP contribution < -0.4 is 0 Å². The number of rotatable bonds is 4. The number of carbonyl (C=O) groups is 2. The molecule has 28 heavy (non-hydrogen) atoms. The Morgan fingerprint density at radius 1 is 1.21 bits per heavy atom. The molecule has 1 N–H and O–H groups in total. The highest BCUT2D eigenvalue weighted by atomic mass is 16.4. The number of aryl methyl sites for hydroxylation is 1. The van der Waals surface area contributed by atoms with Crippen molar-refractivity contribution in [2.24, 2.45) is 5.41 Å². The molecular formula is C22H29N3O3. The van der Waals surface area contributed by atoms with Crippen LogP contribution in [0.1, 0.15) is 38.7 Å². The van der Waals surface area contributed by atoms with Gasteiger partial charge in [-0.25, -0.2) is 4.79 Å². The highest BCUT2D eigenvalue weighted by molar-refractivity contribution is 5.83. The van der Waals surface area contributed by atoms with Gasteiger partial charge in [0.05, 0.1) is 0 Å². The van der Waals surface area contributed by atoms with E-state index >= 15 is 0 Å². The molecule has 3 heterocycles. The maximum atomic E-state index is 11.9. The van der Waals surface area contributed by atoms with E-state index in [1.165, 1.54) is 23.4 Å². The van der Waals surface area contributed by atoms with Gasteiger partial charge >= 0.3 is 5.97 Å². The normalized spacial score (nSPS) is 22.2. The number of amides is 1. The lowest BCUT2D eigenvalue weighted by atomic mass is 9.76. The molecule has 4 rings (SSSR count). The maximum Gasteiger partial charge on any atom is 0.326 e. The molecule has 2 aromatic rings. The van der Waals surface area contributed by atoms with Gasteiger partial charge in [-0.1, -0.05) is 12.1 Å². The second-order valence-electron chi connectivity index (χ2n) is 8.48. The molecule has 0 bridgehead atoms. The molecule has 1 spiro atoms. The zero-order valence-corrected chi connectivity index (χ0v) is 16.7. The van der Waals surface area contributed by atoms with Gasteiger partial charge in [0.2, 0.25) is 5.91 Å². The number of hydrogen-bond donors (Lipinski definition) is 1. The average molecular weight is 383 g/mol. The van der Waals surface area contributed by atoms with Gasteiger partial charge < -0.3 is 14.6 Å². The van der Waals surface area contributed by atoms with Crippen molar-refractivity contribution in [2.45, 2.75) is 52.2 Å². The van der Waals surface area contributed by atoms with Gasteiger partial charge in [0.1, 0.15) is 6.04 Å². The zero-order valence-electron chi connectivity index (χ0n) is 16.7. The quantitative estimate of drug-likeness (QED) is 0.882. The van der Waals surface area contributed by atoms with Crippen molar-refractivity contribution in [3.63, 3.8) is 0 Å². The molecule has 1 atom stereocenters. The lowest BCUT2D eigenvalue weighted by molar-refractivity contribution is -0.147. The van der Waals surface area contributed by atoms with Gasteiger partial charge in [-0.3, -0.25) is 9.69 Å². The Bertz CT molecular complexity index is 872. The standard InChI is InChI=1S/C22H29N3O3/c1-3-24-9-6-18-5-4-17(12-19(18)24)14-23-10-7-22(8-11-23)13-20(21(27)28)25(15-22)16(2)26/h4-6,9,12,20H,3,7-8,10-11,13-15H2,1-2H3,(H,27,28)/t20-/m1/s1. The number of aliphatic carboxylic acids is 1. The lowest BCUT2D eigenvalue weighted by Gasteiger charge is -2.39. The number of hydrogen-bond acceptors (Lipinski definition) is 3. The molecule has 1 amide bonds. The average Bonchev–Trinajstić information content (AvgIpc) is 3.25. The van der Waals surface area contributed by atoms with Crippen molar-refractivity contribution in [3.05, 3.63) is 36.0 Å². The number of fused-ring (bicyclic) bond motifs is 1. The molecule has 2 saturated heterocycles. The fraction of sp³-hybridized carbons (Fsp3) is 0.545. The van der Waals surface area contributed by atoms with E-state index in [1.807, 2.05) is 0 Å². The summed E-state index contributed by atoms with van der Waals surface area (Å²) in [5.41, 5.74) is 2.56. The molecule has 150 valence electrons. The Morgan fingerprint density at radius 3 is 2.57 bits per heavy atom. The van der Waals surface area contributed by atoms with Gasteiger partial charge in [0, 0.05) is 38.3 Å². The Hall–Kier alpha value is -2.34. The number of carbonyl (C=O) groups excluding carboxylic acids is 1. The fourth-order valence-corrected chi connectivity index (χ4v) is 5.02. The van der Waals surface area contributed by atoms with E-state index in [0.717, 1.165) is 39.0 Å². The molecule has 0 radical (unpaired) electrons. The topological polar surface area (TPSA) is 65.8 Å². The molecule has 0 saturated carbocycles. The molecule has 0 unspecified atom stereocenters. The number of benzene rings is 1. The molecule has 0 aliphatic carbocycles. The summed E-state index contributed by atoms with van der Waals surface area (Å²) < 4.78 is 2.27. The summed E-state index contributed by atoms with van der Waals surface area (Å²) in [6, 6.07) is 8.19. The van der Waals surface area contributed by atoms with E-state index in [0.29, 0.717) is 13.0 Å². The third-order valence-corrected chi connectivity index (χ3v) is 6.70. The minimum absolute atomic E-state index is 0.0356. The van der Waals surface area contributed by atoms with Crippen molar-refractivity contribution >= 4 is 22.8 Å². The second kappa shape index (κ2) is 7.24. The zero-order chi connectivity index (χ0) is 19.9. The van der Waals surface area contributed by atoms with E-state index in [9.17, 15) is 14.7 Å². The summed E-state index contributed by atoms with van der Waals surface area (Å²) in [5.74, 6) is -0.999. The third-order valence-electron chi connectivity index (χ3n) is 6.70. The van der Waals surface area contributed by atoms with Gasteiger partial charge in [0.15, 0.2) is 0 Å². The Kier molecular flexibility index (Phi) is 4.91. The smallest absolute Gasteiger partial charge is 0.326 e. The van der Waals surface area contributed by atoms with Crippen LogP contribution in [0.2, 0.25) is 0 Å². The van der Waals surface area contributed by atoms with Gasteiger partial charge in [-0.2, -0.15) is 0 Å². The van der Waals surface area contributed by atoms with Crippen molar-refractivity contribution in [1.82, 2.24) is 14.4 Å². The van der Waals surface area contributed by atoms with E-state index in [1.54, 1.807) is 4.90 Å². The number of aromatic nitrogens is 1. The molecule has 1 aromatic carbocycles. The predicted molar refractivity (Wildman–Crippen MR) is 108 cm³/mol. The lowest BCUT2D eigenvalue weighted by Crippen LogP contribution is -2.42. The summed E-state index contributed by atoms with van der Waals surface area (Å²) in [4.78, 5) is 27.5. The van der Waals surface area contributed by atoms with Crippen LogP contribution in [-0.2, 0) is 22.7 Å². The molecule has 1 aromatic heterocycles. The fourth-order valence-electron chi connectivity index (χ4n) is 5.02. The van der Waals surface area contributed by atoms with Crippen molar-refractivity contribution in [1.29, 1.82) is 0 Å². The summed E-state index contributed by atoms with van der Waals surface area (Å²) in [6.07, 6.45) is 4.63. The van der Waals surface area contributed by atoms with Gasteiger partial charge in [0.25, 0.3) is 0 Å². The highest BCUT2D eigenvalue weighted by Gasteiger charge is 2.48. The van der Waals surface area contributed by atoms with Crippen LogP contribution in [0.3, 0.4) is 0 Å². The first-order valence-electron chi connectivity index (χ1n) is 10.2. The van der Waals surface area contributed by atoms with E-state index in [-0.39, 0.29) is 11.3 Å². The summed E-state index contributed by atoms with van der Waals surface area (Å²) >= 11 is 0. The Balaban J connectivity index is 1.42. The van der Waals surface area contributed by atoms with Crippen LogP contribution in [0.5, 0.6) is 0 Å². The van der Waals surface area contributed by atoms with Gasteiger partial charge in [-0.05, 0) is 67.8 Å². The highest BCUT2D eigenvalue weighted by Crippen LogP contribution is 2.43. The minimum Gasteiger partial charge on any atom is -0.480 e. The van der Waals surface area contributed by atoms with Crippen LogP contribution >= 0.6 is 0 Å². The van der Waals surface area contributed by atoms with Crippen molar-refractivity contribution < 1.29 is 14.7 Å². The first kappa shape index (κ1) is 19.0. The van der Waals surface area contributed by atoms with Crippen molar-refractivity contribution in [2.75, 3.05) is 19.6 Å². The summed E-state index contributed by atoms with van der Waals surface area (Å²) in [7, 11) is 0.